The van der Waals surface area contributed by atoms with Crippen LogP contribution < -0.4 is 5.73 Å². The molecule has 1 aromatic heterocycles. The van der Waals surface area contributed by atoms with E-state index in [1.807, 2.05) is 0 Å². The summed E-state index contributed by atoms with van der Waals surface area (Å²) in [5, 5.41) is 8.61. The quantitative estimate of drug-likeness (QED) is 0.820. The fourth-order valence-corrected chi connectivity index (χ4v) is 1.50. The van der Waals surface area contributed by atoms with Crippen LogP contribution in [-0.2, 0) is 17.8 Å². The van der Waals surface area contributed by atoms with Crippen molar-refractivity contribution >= 4 is 5.97 Å². The van der Waals surface area contributed by atoms with E-state index in [-0.39, 0.29) is 17.8 Å². The van der Waals surface area contributed by atoms with Crippen molar-refractivity contribution in [3.63, 3.8) is 0 Å². The Morgan fingerprint density at radius 3 is 2.69 bits per heavy atom. The fourth-order valence-electron chi connectivity index (χ4n) is 1.50. The first kappa shape index (κ1) is 12.5. The normalized spacial score (nSPS) is 10.8. The molecule has 1 aromatic rings. The summed E-state index contributed by atoms with van der Waals surface area (Å²) in [7, 11) is 0. The zero-order chi connectivity index (χ0) is 12.3. The largest absolute Gasteiger partial charge is 0.481 e. The first-order chi connectivity index (χ1) is 7.45. The number of aliphatic carboxylic acids is 1. The van der Waals surface area contributed by atoms with Crippen LogP contribution in [0.3, 0.4) is 0 Å². The van der Waals surface area contributed by atoms with Crippen molar-refractivity contribution in [1.82, 2.24) is 4.98 Å². The maximum absolute atomic E-state index is 12.7. The fraction of sp³-hybridized carbons (Fsp3) is 0.400. The number of carboxylic acids is 1. The second-order valence-electron chi connectivity index (χ2n) is 3.37. The average molecular weight is 230 g/mol. The Morgan fingerprint density at radius 2 is 2.25 bits per heavy atom. The van der Waals surface area contributed by atoms with E-state index in [1.165, 1.54) is 13.0 Å². The summed E-state index contributed by atoms with van der Waals surface area (Å²) < 4.78 is 25.4. The molecule has 0 saturated heterocycles. The molecule has 1 rings (SSSR count). The van der Waals surface area contributed by atoms with Crippen LogP contribution >= 0.6 is 0 Å². The Kier molecular flexibility index (Phi) is 3.89. The van der Waals surface area contributed by atoms with Crippen LogP contribution in [-0.4, -0.2) is 16.1 Å². The molecule has 4 nitrogen and oxygen atoms in total. The first-order valence-electron chi connectivity index (χ1n) is 4.65. The van der Waals surface area contributed by atoms with Gasteiger partial charge in [0.15, 0.2) is 0 Å². The summed E-state index contributed by atoms with van der Waals surface area (Å²) in [6.07, 6.45) is -3.25. The van der Waals surface area contributed by atoms with Gasteiger partial charge in [-0.3, -0.25) is 9.78 Å². The number of halogens is 2. The molecule has 0 atom stereocenters. The number of aryl methyl sites for hydroxylation is 1. The smallest absolute Gasteiger partial charge is 0.309 e. The monoisotopic (exact) mass is 230 g/mol. The predicted molar refractivity (Wildman–Crippen MR) is 53.2 cm³/mol. The van der Waals surface area contributed by atoms with Gasteiger partial charge < -0.3 is 10.8 Å². The topological polar surface area (TPSA) is 76.2 Å². The van der Waals surface area contributed by atoms with E-state index < -0.39 is 18.8 Å². The van der Waals surface area contributed by atoms with Gasteiger partial charge in [0, 0.05) is 12.1 Å². The molecule has 0 aliphatic carbocycles. The minimum atomic E-state index is -2.73. The number of carboxylic acid groups (broad SMARTS) is 1. The Balaban J connectivity index is 3.28. The highest BCUT2D eigenvalue weighted by Crippen LogP contribution is 2.26. The van der Waals surface area contributed by atoms with Gasteiger partial charge in [-0.2, -0.15) is 0 Å². The third-order valence-corrected chi connectivity index (χ3v) is 2.14. The van der Waals surface area contributed by atoms with Crippen LogP contribution in [0.15, 0.2) is 6.07 Å². The van der Waals surface area contributed by atoms with E-state index in [9.17, 15) is 13.6 Å². The molecule has 88 valence electrons. The molecule has 6 heteroatoms. The number of pyridine rings is 1. The standard InChI is InChI=1S/C10H12F2N2O2/c1-5-2-6(4-13)14-7(3-8(15)16)9(5)10(11)12/h2,10H,3-4,13H2,1H3,(H,15,16). The highest BCUT2D eigenvalue weighted by Gasteiger charge is 2.19. The summed E-state index contributed by atoms with van der Waals surface area (Å²) in [6, 6.07) is 1.45. The lowest BCUT2D eigenvalue weighted by Gasteiger charge is -2.11. The Bertz CT molecular complexity index is 408. The number of aromatic nitrogens is 1. The third kappa shape index (κ3) is 2.73. The molecular formula is C10H12F2N2O2. The van der Waals surface area contributed by atoms with Gasteiger partial charge in [-0.15, -0.1) is 0 Å². The second-order valence-corrected chi connectivity index (χ2v) is 3.37. The van der Waals surface area contributed by atoms with Gasteiger partial charge in [0.1, 0.15) is 0 Å². The molecule has 0 spiro atoms. The van der Waals surface area contributed by atoms with Crippen molar-refractivity contribution in [3.05, 3.63) is 28.6 Å². The van der Waals surface area contributed by atoms with Gasteiger partial charge in [-0.05, 0) is 18.6 Å². The second kappa shape index (κ2) is 4.98. The van der Waals surface area contributed by atoms with E-state index in [2.05, 4.69) is 4.98 Å². The van der Waals surface area contributed by atoms with Crippen molar-refractivity contribution < 1.29 is 18.7 Å². The van der Waals surface area contributed by atoms with Crippen LogP contribution in [0.4, 0.5) is 8.78 Å². The summed E-state index contributed by atoms with van der Waals surface area (Å²) in [6.45, 7) is 1.59. The SMILES string of the molecule is Cc1cc(CN)nc(CC(=O)O)c1C(F)F. The molecule has 0 radical (unpaired) electrons. The molecule has 1 heterocycles. The predicted octanol–water partition coefficient (Wildman–Crippen LogP) is 1.41. The molecule has 0 fully saturated rings. The molecule has 0 aliphatic rings. The van der Waals surface area contributed by atoms with Gasteiger partial charge in [-0.25, -0.2) is 8.78 Å². The summed E-state index contributed by atoms with van der Waals surface area (Å²) in [5.41, 5.74) is 5.67. The number of carbonyl (C=O) groups is 1. The zero-order valence-corrected chi connectivity index (χ0v) is 8.70. The molecular weight excluding hydrogens is 218 g/mol. The molecule has 0 saturated carbocycles. The molecule has 0 bridgehead atoms. The van der Waals surface area contributed by atoms with Gasteiger partial charge in [0.2, 0.25) is 0 Å². The Morgan fingerprint density at radius 1 is 1.62 bits per heavy atom. The van der Waals surface area contributed by atoms with Crippen molar-refractivity contribution in [2.24, 2.45) is 5.73 Å². The average Bonchev–Trinajstić information content (AvgIpc) is 2.14. The maximum Gasteiger partial charge on any atom is 0.309 e. The van der Waals surface area contributed by atoms with E-state index in [4.69, 9.17) is 10.8 Å². The van der Waals surface area contributed by atoms with Crippen molar-refractivity contribution in [1.29, 1.82) is 0 Å². The summed E-state index contributed by atoms with van der Waals surface area (Å²) in [4.78, 5) is 14.4. The molecule has 0 aromatic carbocycles. The summed E-state index contributed by atoms with van der Waals surface area (Å²) >= 11 is 0. The number of hydrogen-bond acceptors (Lipinski definition) is 3. The number of hydrogen-bond donors (Lipinski definition) is 2. The Labute approximate surface area is 91.1 Å². The highest BCUT2D eigenvalue weighted by molar-refractivity contribution is 5.70. The van der Waals surface area contributed by atoms with Crippen LogP contribution in [0.25, 0.3) is 0 Å². The van der Waals surface area contributed by atoms with Gasteiger partial charge in [0.25, 0.3) is 6.43 Å². The number of alkyl halides is 2. The van der Waals surface area contributed by atoms with Crippen LogP contribution in [0.5, 0.6) is 0 Å². The van der Waals surface area contributed by atoms with Crippen LogP contribution in [0.2, 0.25) is 0 Å². The maximum atomic E-state index is 12.7. The van der Waals surface area contributed by atoms with Crippen LogP contribution in [0.1, 0.15) is 28.9 Å². The third-order valence-electron chi connectivity index (χ3n) is 2.14. The van der Waals surface area contributed by atoms with Crippen molar-refractivity contribution in [2.45, 2.75) is 26.3 Å². The number of rotatable bonds is 4. The van der Waals surface area contributed by atoms with Gasteiger partial charge in [-0.1, -0.05) is 0 Å². The minimum absolute atomic E-state index is 0.0942. The highest BCUT2D eigenvalue weighted by atomic mass is 19.3. The molecule has 0 aliphatic heterocycles. The minimum Gasteiger partial charge on any atom is -0.481 e. The van der Waals surface area contributed by atoms with Crippen molar-refractivity contribution in [2.75, 3.05) is 0 Å². The lowest BCUT2D eigenvalue weighted by atomic mass is 10.0. The Hall–Kier alpha value is -1.56. The number of nitrogens with zero attached hydrogens (tertiary/aromatic N) is 1. The van der Waals surface area contributed by atoms with E-state index in [1.54, 1.807) is 0 Å². The van der Waals surface area contributed by atoms with Crippen LogP contribution in [0, 0.1) is 6.92 Å². The molecule has 3 N–H and O–H groups in total. The van der Waals surface area contributed by atoms with Crippen molar-refractivity contribution in [3.8, 4) is 0 Å². The van der Waals surface area contributed by atoms with Gasteiger partial charge >= 0.3 is 5.97 Å². The van der Waals surface area contributed by atoms with E-state index in [0.717, 1.165) is 0 Å². The molecule has 16 heavy (non-hydrogen) atoms. The van der Waals surface area contributed by atoms with Gasteiger partial charge in [0.05, 0.1) is 17.8 Å². The zero-order valence-electron chi connectivity index (χ0n) is 8.70. The van der Waals surface area contributed by atoms with E-state index in [0.29, 0.717) is 11.3 Å². The molecule has 0 unspecified atom stereocenters. The summed E-state index contributed by atoms with van der Waals surface area (Å²) in [5.74, 6) is -1.19. The molecule has 0 amide bonds. The van der Waals surface area contributed by atoms with E-state index >= 15 is 0 Å². The lowest BCUT2D eigenvalue weighted by Crippen LogP contribution is -2.11. The lowest BCUT2D eigenvalue weighted by molar-refractivity contribution is -0.136. The first-order valence-corrected chi connectivity index (χ1v) is 4.65. The number of nitrogens with two attached hydrogens (primary N) is 1.